The van der Waals surface area contributed by atoms with Gasteiger partial charge in [0.15, 0.2) is 5.82 Å². The van der Waals surface area contributed by atoms with Gasteiger partial charge in [-0.2, -0.15) is 10.1 Å². The minimum absolute atomic E-state index is 0.281. The molecule has 0 saturated heterocycles. The van der Waals surface area contributed by atoms with E-state index in [1.807, 2.05) is 43.3 Å². The molecule has 0 radical (unpaired) electrons. The van der Waals surface area contributed by atoms with E-state index in [4.69, 9.17) is 27.9 Å². The summed E-state index contributed by atoms with van der Waals surface area (Å²) in [6.07, 6.45) is 8.17. The number of hydrogen-bond donors (Lipinski definition) is 1. The number of ether oxygens (including phenoxy) is 1. The number of aliphatic imine (C=N–C) groups is 1. The van der Waals surface area contributed by atoms with Gasteiger partial charge in [0.25, 0.3) is 0 Å². The van der Waals surface area contributed by atoms with E-state index in [9.17, 15) is 4.21 Å². The predicted molar refractivity (Wildman–Crippen MR) is 129 cm³/mol. The zero-order chi connectivity index (χ0) is 22.5. The third-order valence-corrected chi connectivity index (χ3v) is 5.40. The summed E-state index contributed by atoms with van der Waals surface area (Å²) in [5, 5.41) is 9.20. The molecule has 0 bridgehead atoms. The molecule has 3 aromatic heterocycles. The van der Waals surface area contributed by atoms with Crippen molar-refractivity contribution >= 4 is 69.3 Å². The largest absolute Gasteiger partial charge is 0.518 e. The fraction of sp³-hybridized carbons (Fsp3) is 0.0909. The molecule has 4 rings (SSSR count). The zero-order valence-corrected chi connectivity index (χ0v) is 19.0. The molecule has 1 N–H and O–H groups in total. The highest BCUT2D eigenvalue weighted by atomic mass is 35.5. The number of aromatic nitrogens is 4. The van der Waals surface area contributed by atoms with E-state index in [-0.39, 0.29) is 17.8 Å². The van der Waals surface area contributed by atoms with Crippen molar-refractivity contribution in [3.63, 3.8) is 0 Å². The van der Waals surface area contributed by atoms with Gasteiger partial charge in [-0.1, -0.05) is 29.3 Å². The molecule has 0 spiro atoms. The lowest BCUT2D eigenvalue weighted by Gasteiger charge is -2.17. The first kappa shape index (κ1) is 22.0. The van der Waals surface area contributed by atoms with E-state index < -0.39 is 0 Å². The van der Waals surface area contributed by atoms with Gasteiger partial charge in [-0.15, -0.1) is 0 Å². The molecule has 160 valence electrons. The molecule has 0 amide bonds. The average Bonchev–Trinajstić information content (AvgIpc) is 3.19. The van der Waals surface area contributed by atoms with Crippen LogP contribution in [0.5, 0.6) is 5.75 Å². The SMILES string of the molecule is C[C@@H](Oc1ccc2[nH]nc(/C=C/c3ccc(N=C[S+]=O)nc3)c2c1)c1c(Cl)cncc1Cl. The number of nitrogens with zero attached hydrogens (tertiary/aromatic N) is 4. The quantitative estimate of drug-likeness (QED) is 0.195. The van der Waals surface area contributed by atoms with Crippen LogP contribution in [-0.2, 0) is 15.9 Å². The standard InChI is InChI=1S/C22H16Cl2N5O2S/c1-13(22-17(23)10-25-11-18(22)24)31-15-4-6-20-16(8-15)19(28-29-20)5-2-14-3-7-21(26-9-14)27-12-32-30/h2-13H,1H3,(H,28,29)/q+1/b5-2+,27-12?/t13-/m1/s1. The number of aromatic amines is 1. The van der Waals surface area contributed by atoms with Gasteiger partial charge >= 0.3 is 17.2 Å². The van der Waals surface area contributed by atoms with Crippen LogP contribution in [0.4, 0.5) is 5.82 Å². The van der Waals surface area contributed by atoms with Gasteiger partial charge in [-0.25, -0.2) is 4.98 Å². The summed E-state index contributed by atoms with van der Waals surface area (Å²) in [6, 6.07) is 9.27. The lowest BCUT2D eigenvalue weighted by Crippen LogP contribution is -2.05. The Hall–Kier alpha value is -3.20. The topological polar surface area (TPSA) is 93.1 Å². The number of nitrogens with one attached hydrogen (secondary N) is 1. The van der Waals surface area contributed by atoms with Crippen molar-refractivity contribution in [1.29, 1.82) is 0 Å². The zero-order valence-electron chi connectivity index (χ0n) is 16.7. The van der Waals surface area contributed by atoms with Crippen molar-refractivity contribution in [3.05, 3.63) is 75.8 Å². The van der Waals surface area contributed by atoms with Crippen molar-refractivity contribution in [3.8, 4) is 5.75 Å². The smallest absolute Gasteiger partial charge is 0.486 e. The molecule has 0 aliphatic heterocycles. The monoisotopic (exact) mass is 484 g/mol. The number of rotatable bonds is 7. The van der Waals surface area contributed by atoms with E-state index in [1.165, 1.54) is 5.55 Å². The van der Waals surface area contributed by atoms with Gasteiger partial charge in [0.2, 0.25) is 0 Å². The summed E-state index contributed by atoms with van der Waals surface area (Å²) in [5.74, 6) is 1.13. The maximum absolute atomic E-state index is 10.4. The van der Waals surface area contributed by atoms with Crippen molar-refractivity contribution < 1.29 is 8.95 Å². The number of halogens is 2. The van der Waals surface area contributed by atoms with Crippen LogP contribution in [0.15, 0.2) is 53.9 Å². The summed E-state index contributed by atoms with van der Waals surface area (Å²) in [4.78, 5) is 12.1. The van der Waals surface area contributed by atoms with Crippen LogP contribution in [0, 0.1) is 0 Å². The van der Waals surface area contributed by atoms with Crippen LogP contribution in [0.3, 0.4) is 0 Å². The Morgan fingerprint density at radius 2 is 1.94 bits per heavy atom. The van der Waals surface area contributed by atoms with E-state index in [1.54, 1.807) is 24.7 Å². The van der Waals surface area contributed by atoms with Crippen LogP contribution in [0.1, 0.15) is 29.8 Å². The molecule has 10 heteroatoms. The lowest BCUT2D eigenvalue weighted by atomic mass is 10.1. The van der Waals surface area contributed by atoms with Gasteiger partial charge in [0.05, 0.1) is 21.3 Å². The van der Waals surface area contributed by atoms with Gasteiger partial charge < -0.3 is 4.74 Å². The number of hydrogen-bond acceptors (Lipinski definition) is 6. The molecule has 0 fully saturated rings. The first-order valence-electron chi connectivity index (χ1n) is 9.44. The highest BCUT2D eigenvalue weighted by Crippen LogP contribution is 2.33. The molecule has 1 aromatic carbocycles. The van der Waals surface area contributed by atoms with Gasteiger partial charge in [-0.3, -0.25) is 10.1 Å². The summed E-state index contributed by atoms with van der Waals surface area (Å²) >= 11 is 12.8. The molecule has 7 nitrogen and oxygen atoms in total. The Balaban J connectivity index is 1.55. The predicted octanol–water partition coefficient (Wildman–Crippen LogP) is 6.06. The van der Waals surface area contributed by atoms with Crippen LogP contribution in [0.25, 0.3) is 23.1 Å². The van der Waals surface area contributed by atoms with Crippen molar-refractivity contribution in [2.24, 2.45) is 4.99 Å². The van der Waals surface area contributed by atoms with Crippen LogP contribution < -0.4 is 4.74 Å². The van der Waals surface area contributed by atoms with Crippen LogP contribution in [-0.4, -0.2) is 25.7 Å². The minimum atomic E-state index is -0.367. The van der Waals surface area contributed by atoms with E-state index >= 15 is 0 Å². The summed E-state index contributed by atoms with van der Waals surface area (Å²) in [7, 11) is 0. The Morgan fingerprint density at radius 3 is 2.66 bits per heavy atom. The Kier molecular flexibility index (Phi) is 6.84. The maximum Gasteiger partial charge on any atom is 0.518 e. The van der Waals surface area contributed by atoms with Crippen molar-refractivity contribution in [2.75, 3.05) is 0 Å². The highest BCUT2D eigenvalue weighted by molar-refractivity contribution is 7.81. The van der Waals surface area contributed by atoms with Gasteiger partial charge in [0, 0.05) is 33.7 Å². The summed E-state index contributed by atoms with van der Waals surface area (Å²) < 4.78 is 16.5. The van der Waals surface area contributed by atoms with E-state index in [0.29, 0.717) is 27.2 Å². The fourth-order valence-corrected chi connectivity index (χ4v) is 3.93. The molecular formula is C22H16Cl2N5O2S+. The molecule has 0 unspecified atom stereocenters. The fourth-order valence-electron chi connectivity index (χ4n) is 3.11. The van der Waals surface area contributed by atoms with E-state index in [0.717, 1.165) is 22.2 Å². The second kappa shape index (κ2) is 9.95. The molecule has 4 aromatic rings. The normalized spacial score (nSPS) is 12.6. The number of H-pyrrole nitrogens is 1. The first-order chi connectivity index (χ1) is 15.5. The molecule has 1 atom stereocenters. The Labute approximate surface area is 197 Å². The second-order valence-corrected chi connectivity index (χ2v) is 7.92. The third-order valence-electron chi connectivity index (χ3n) is 4.61. The minimum Gasteiger partial charge on any atom is -0.486 e. The molecule has 3 heterocycles. The Bertz CT molecular complexity index is 1300. The summed E-state index contributed by atoms with van der Waals surface area (Å²) in [6.45, 7) is 1.88. The maximum atomic E-state index is 10.4. The summed E-state index contributed by atoms with van der Waals surface area (Å²) in [5.41, 5.74) is 4.39. The molecular weight excluding hydrogens is 469 g/mol. The van der Waals surface area contributed by atoms with Crippen molar-refractivity contribution in [2.45, 2.75) is 13.0 Å². The van der Waals surface area contributed by atoms with Crippen LogP contribution in [0.2, 0.25) is 10.0 Å². The average molecular weight is 485 g/mol. The van der Waals surface area contributed by atoms with E-state index in [2.05, 4.69) is 25.2 Å². The third kappa shape index (κ3) is 4.99. The van der Waals surface area contributed by atoms with Gasteiger partial charge in [-0.05, 0) is 48.9 Å². The number of pyridine rings is 2. The number of fused-ring (bicyclic) bond motifs is 1. The number of benzene rings is 1. The van der Waals surface area contributed by atoms with Crippen molar-refractivity contribution in [1.82, 2.24) is 20.2 Å². The highest BCUT2D eigenvalue weighted by Gasteiger charge is 2.16. The lowest BCUT2D eigenvalue weighted by molar-refractivity contribution is 0.227. The molecule has 32 heavy (non-hydrogen) atoms. The second-order valence-electron chi connectivity index (χ2n) is 6.71. The van der Waals surface area contributed by atoms with Gasteiger partial charge in [0.1, 0.15) is 11.9 Å². The molecule has 0 aliphatic rings. The first-order valence-corrected chi connectivity index (χ1v) is 11.0. The molecule has 0 aliphatic carbocycles. The van der Waals surface area contributed by atoms with Crippen LogP contribution >= 0.6 is 23.2 Å². The Morgan fingerprint density at radius 1 is 1.12 bits per heavy atom. The molecule has 0 saturated carbocycles.